The highest BCUT2D eigenvalue weighted by molar-refractivity contribution is 5.91. The quantitative estimate of drug-likeness (QED) is 0.542. The molecule has 2 aromatic carbocycles. The molecule has 6 heteroatoms. The highest BCUT2D eigenvalue weighted by atomic mass is 19.1. The molecule has 0 bridgehead atoms. The number of halogens is 1. The Morgan fingerprint density at radius 2 is 1.70 bits per heavy atom. The molecular weight excluding hydrogens is 381 g/mol. The minimum absolute atomic E-state index is 0.104. The molecule has 0 fully saturated rings. The lowest BCUT2D eigenvalue weighted by Gasteiger charge is -2.12. The fourth-order valence-corrected chi connectivity index (χ4v) is 3.54. The second-order valence-corrected chi connectivity index (χ2v) is 7.38. The molecule has 2 heterocycles. The van der Waals surface area contributed by atoms with Gasteiger partial charge in [0.05, 0.1) is 6.54 Å². The average Bonchev–Trinajstić information content (AvgIpc) is 3.13. The van der Waals surface area contributed by atoms with Gasteiger partial charge in [-0.15, -0.1) is 0 Å². The van der Waals surface area contributed by atoms with Crippen molar-refractivity contribution in [1.29, 1.82) is 0 Å². The molecule has 0 saturated carbocycles. The molecule has 0 spiro atoms. The van der Waals surface area contributed by atoms with Crippen molar-refractivity contribution >= 4 is 22.5 Å². The second-order valence-electron chi connectivity index (χ2n) is 7.38. The first-order valence-electron chi connectivity index (χ1n) is 9.72. The molecule has 30 heavy (non-hydrogen) atoms. The van der Waals surface area contributed by atoms with Gasteiger partial charge in [-0.3, -0.25) is 9.59 Å². The summed E-state index contributed by atoms with van der Waals surface area (Å²) >= 11 is 0. The first-order chi connectivity index (χ1) is 14.4. The lowest BCUT2D eigenvalue weighted by Crippen LogP contribution is -2.28. The number of anilines is 1. The van der Waals surface area contributed by atoms with Gasteiger partial charge in [-0.05, 0) is 49.2 Å². The van der Waals surface area contributed by atoms with Gasteiger partial charge >= 0.3 is 0 Å². The summed E-state index contributed by atoms with van der Waals surface area (Å²) in [6.45, 7) is 4.06. The van der Waals surface area contributed by atoms with E-state index in [9.17, 15) is 14.0 Å². The number of aryl methyl sites for hydroxylation is 1. The van der Waals surface area contributed by atoms with E-state index in [4.69, 9.17) is 0 Å². The SMILES string of the molecule is Cc1cccc(NC(=O)Cn2ccc3ccn(Cc4ccccc4F)c3c2=O)c1C. The van der Waals surface area contributed by atoms with Crippen molar-refractivity contribution in [3.63, 3.8) is 0 Å². The highest BCUT2D eigenvalue weighted by Crippen LogP contribution is 2.18. The summed E-state index contributed by atoms with van der Waals surface area (Å²) in [5.74, 6) is -0.596. The molecule has 1 N–H and O–H groups in total. The molecule has 0 saturated heterocycles. The molecule has 0 atom stereocenters. The van der Waals surface area contributed by atoms with Gasteiger partial charge in [0.15, 0.2) is 0 Å². The molecule has 2 aromatic heterocycles. The maximum atomic E-state index is 14.1. The van der Waals surface area contributed by atoms with Gasteiger partial charge in [-0.1, -0.05) is 30.3 Å². The van der Waals surface area contributed by atoms with Gasteiger partial charge in [-0.2, -0.15) is 0 Å². The molecule has 5 nitrogen and oxygen atoms in total. The van der Waals surface area contributed by atoms with E-state index in [2.05, 4.69) is 5.32 Å². The summed E-state index contributed by atoms with van der Waals surface area (Å²) in [5.41, 5.74) is 3.46. The van der Waals surface area contributed by atoms with Crippen LogP contribution in [0, 0.1) is 19.7 Å². The van der Waals surface area contributed by atoms with E-state index in [0.717, 1.165) is 22.2 Å². The molecular formula is C24H22FN3O2. The summed E-state index contributed by atoms with van der Waals surface area (Å²) in [6.07, 6.45) is 3.37. The van der Waals surface area contributed by atoms with E-state index in [0.29, 0.717) is 11.1 Å². The number of aromatic nitrogens is 2. The number of carbonyl (C=O) groups excluding carboxylic acids is 1. The number of amides is 1. The number of nitrogens with one attached hydrogen (secondary N) is 1. The van der Waals surface area contributed by atoms with Gasteiger partial charge < -0.3 is 14.5 Å². The molecule has 4 rings (SSSR count). The predicted molar refractivity (Wildman–Crippen MR) is 116 cm³/mol. The Morgan fingerprint density at radius 3 is 2.47 bits per heavy atom. The summed E-state index contributed by atoms with van der Waals surface area (Å²) < 4.78 is 17.1. The maximum absolute atomic E-state index is 14.1. The fourth-order valence-electron chi connectivity index (χ4n) is 3.54. The number of benzene rings is 2. The van der Waals surface area contributed by atoms with Crippen LogP contribution in [0.5, 0.6) is 0 Å². The normalized spacial score (nSPS) is 11.0. The molecule has 0 radical (unpaired) electrons. The van der Waals surface area contributed by atoms with Crippen LogP contribution < -0.4 is 10.9 Å². The van der Waals surface area contributed by atoms with Crippen LogP contribution in [0.4, 0.5) is 10.1 Å². The van der Waals surface area contributed by atoms with Gasteiger partial charge in [0.2, 0.25) is 5.91 Å². The van der Waals surface area contributed by atoms with Crippen LogP contribution in [-0.2, 0) is 17.9 Å². The van der Waals surface area contributed by atoms with E-state index < -0.39 is 0 Å². The first kappa shape index (κ1) is 19.6. The van der Waals surface area contributed by atoms with Crippen molar-refractivity contribution in [2.75, 3.05) is 5.32 Å². The van der Waals surface area contributed by atoms with Crippen molar-refractivity contribution < 1.29 is 9.18 Å². The Kier molecular flexibility index (Phi) is 5.23. The summed E-state index contributed by atoms with van der Waals surface area (Å²) in [4.78, 5) is 25.6. The van der Waals surface area contributed by atoms with E-state index in [-0.39, 0.29) is 30.4 Å². The largest absolute Gasteiger partial charge is 0.338 e. The topological polar surface area (TPSA) is 56.0 Å². The fraction of sp³-hybridized carbons (Fsp3) is 0.167. The minimum atomic E-state index is -0.316. The van der Waals surface area contributed by atoms with Gasteiger partial charge in [0.1, 0.15) is 17.9 Å². The van der Waals surface area contributed by atoms with Crippen LogP contribution in [-0.4, -0.2) is 15.0 Å². The third-order valence-electron chi connectivity index (χ3n) is 5.38. The van der Waals surface area contributed by atoms with Crippen LogP contribution in [0.25, 0.3) is 10.9 Å². The van der Waals surface area contributed by atoms with E-state index in [1.165, 1.54) is 10.6 Å². The van der Waals surface area contributed by atoms with E-state index in [1.807, 2.05) is 38.1 Å². The molecule has 0 aliphatic heterocycles. The predicted octanol–water partition coefficient (Wildman–Crippen LogP) is 4.25. The summed E-state index contributed by atoms with van der Waals surface area (Å²) in [7, 11) is 0. The average molecular weight is 403 g/mol. The maximum Gasteiger partial charge on any atom is 0.275 e. The van der Waals surface area contributed by atoms with Crippen LogP contribution in [0.15, 0.2) is 71.8 Å². The lowest BCUT2D eigenvalue weighted by atomic mass is 10.1. The molecule has 4 aromatic rings. The van der Waals surface area contributed by atoms with Crippen molar-refractivity contribution in [2.45, 2.75) is 26.9 Å². The van der Waals surface area contributed by atoms with Gasteiger partial charge in [0, 0.05) is 29.0 Å². The van der Waals surface area contributed by atoms with Crippen LogP contribution in [0.1, 0.15) is 16.7 Å². The Labute approximate surface area is 173 Å². The standard InChI is InChI=1S/C24H22FN3O2/c1-16-6-5-9-21(17(16)2)26-22(29)15-28-13-11-18-10-12-27(23(18)24(28)30)14-19-7-3-4-8-20(19)25/h3-13H,14-15H2,1-2H3,(H,26,29). The minimum Gasteiger partial charge on any atom is -0.338 e. The molecule has 0 aliphatic carbocycles. The van der Waals surface area contributed by atoms with Crippen LogP contribution >= 0.6 is 0 Å². The molecule has 0 aliphatic rings. The third-order valence-corrected chi connectivity index (χ3v) is 5.38. The molecule has 1 amide bonds. The lowest BCUT2D eigenvalue weighted by molar-refractivity contribution is -0.116. The highest BCUT2D eigenvalue weighted by Gasteiger charge is 2.13. The summed E-state index contributed by atoms with van der Waals surface area (Å²) in [6, 6.07) is 15.8. The van der Waals surface area contributed by atoms with E-state index >= 15 is 0 Å². The monoisotopic (exact) mass is 403 g/mol. The van der Waals surface area contributed by atoms with Crippen LogP contribution in [0.2, 0.25) is 0 Å². The van der Waals surface area contributed by atoms with Crippen molar-refractivity contribution in [1.82, 2.24) is 9.13 Å². The van der Waals surface area contributed by atoms with Crippen molar-refractivity contribution in [3.05, 3.63) is 99.9 Å². The van der Waals surface area contributed by atoms with E-state index in [1.54, 1.807) is 41.2 Å². The van der Waals surface area contributed by atoms with Gasteiger partial charge in [-0.25, -0.2) is 4.39 Å². The van der Waals surface area contributed by atoms with Gasteiger partial charge in [0.25, 0.3) is 5.56 Å². The number of pyridine rings is 1. The number of fused-ring (bicyclic) bond motifs is 1. The van der Waals surface area contributed by atoms with Crippen LogP contribution in [0.3, 0.4) is 0 Å². The Balaban J connectivity index is 1.62. The Morgan fingerprint density at radius 1 is 0.967 bits per heavy atom. The van der Waals surface area contributed by atoms with Crippen molar-refractivity contribution in [2.24, 2.45) is 0 Å². The first-order valence-corrected chi connectivity index (χ1v) is 9.72. The number of hydrogen-bond donors (Lipinski definition) is 1. The zero-order valence-corrected chi connectivity index (χ0v) is 16.9. The Bertz CT molecular complexity index is 1300. The number of carbonyl (C=O) groups is 1. The number of rotatable bonds is 5. The Hall–Kier alpha value is -3.67. The molecule has 0 unspecified atom stereocenters. The number of hydrogen-bond acceptors (Lipinski definition) is 2. The molecule has 152 valence electrons. The van der Waals surface area contributed by atoms with Crippen molar-refractivity contribution in [3.8, 4) is 0 Å². The summed E-state index contributed by atoms with van der Waals surface area (Å²) in [5, 5.41) is 3.63. The number of nitrogens with zero attached hydrogens (tertiary/aromatic N) is 2. The second kappa shape index (κ2) is 7.99. The zero-order valence-electron chi connectivity index (χ0n) is 16.9. The third kappa shape index (κ3) is 3.76. The zero-order chi connectivity index (χ0) is 21.3. The smallest absolute Gasteiger partial charge is 0.275 e.